The fraction of sp³-hybridized carbons (Fsp3) is 0.400. The van der Waals surface area contributed by atoms with Gasteiger partial charge in [0.1, 0.15) is 0 Å². The number of piperazine rings is 1. The normalized spacial score (nSPS) is 16.6. The summed E-state index contributed by atoms with van der Waals surface area (Å²) in [6.45, 7) is 6.75. The predicted molar refractivity (Wildman–Crippen MR) is 96.9 cm³/mol. The first-order valence-electron chi connectivity index (χ1n) is 8.64. The molecule has 0 radical (unpaired) electrons. The lowest BCUT2D eigenvalue weighted by molar-refractivity contribution is 0.198. The van der Waals surface area contributed by atoms with Crippen LogP contribution in [-0.4, -0.2) is 44.8 Å². The molecule has 1 saturated heterocycles. The lowest BCUT2D eigenvalue weighted by atomic mass is 9.96. The average Bonchev–Trinajstić information content (AvgIpc) is 2.65. The molecule has 0 aromatic heterocycles. The molecule has 128 valence electrons. The molecule has 2 aromatic carbocycles. The number of hydrogen-bond donors (Lipinski definition) is 1. The van der Waals surface area contributed by atoms with E-state index in [0.717, 1.165) is 37.7 Å². The highest BCUT2D eigenvalue weighted by Crippen LogP contribution is 2.35. The molecule has 0 bridgehead atoms. The quantitative estimate of drug-likeness (QED) is 0.884. The van der Waals surface area contributed by atoms with E-state index in [1.165, 1.54) is 11.1 Å². The van der Waals surface area contributed by atoms with Crippen molar-refractivity contribution in [2.24, 2.45) is 0 Å². The molecule has 3 rings (SSSR count). The summed E-state index contributed by atoms with van der Waals surface area (Å²) >= 11 is 0. The van der Waals surface area contributed by atoms with Crippen LogP contribution in [0, 0.1) is 0 Å². The third kappa shape index (κ3) is 3.71. The van der Waals surface area contributed by atoms with E-state index >= 15 is 0 Å². The highest BCUT2D eigenvalue weighted by Gasteiger charge is 2.24. The van der Waals surface area contributed by atoms with Gasteiger partial charge in [0, 0.05) is 26.2 Å². The molecule has 1 heterocycles. The number of benzene rings is 2. The first-order chi connectivity index (χ1) is 11.8. The van der Waals surface area contributed by atoms with Crippen LogP contribution in [0.4, 0.5) is 0 Å². The van der Waals surface area contributed by atoms with Gasteiger partial charge in [-0.2, -0.15) is 0 Å². The van der Waals surface area contributed by atoms with Crippen LogP contribution in [0.1, 0.15) is 24.1 Å². The van der Waals surface area contributed by atoms with Gasteiger partial charge in [0.25, 0.3) is 0 Å². The molecule has 0 saturated carbocycles. The maximum absolute atomic E-state index is 5.67. The number of nitrogens with one attached hydrogen (secondary N) is 1. The Kier molecular flexibility index (Phi) is 5.72. The van der Waals surface area contributed by atoms with Gasteiger partial charge in [0.05, 0.1) is 19.8 Å². The van der Waals surface area contributed by atoms with Gasteiger partial charge >= 0.3 is 0 Å². The predicted octanol–water partition coefficient (Wildman–Crippen LogP) is 3.09. The minimum atomic E-state index is 0.234. The molecule has 0 spiro atoms. The zero-order chi connectivity index (χ0) is 16.8. The van der Waals surface area contributed by atoms with E-state index in [2.05, 4.69) is 52.7 Å². The van der Waals surface area contributed by atoms with Crippen LogP contribution in [0.5, 0.6) is 11.5 Å². The van der Waals surface area contributed by atoms with Gasteiger partial charge < -0.3 is 14.8 Å². The minimum absolute atomic E-state index is 0.234. The molecule has 4 heteroatoms. The Balaban J connectivity index is 1.98. The smallest absolute Gasteiger partial charge is 0.161 e. The van der Waals surface area contributed by atoms with Crippen LogP contribution in [0.2, 0.25) is 0 Å². The Morgan fingerprint density at radius 1 is 1.00 bits per heavy atom. The van der Waals surface area contributed by atoms with Crippen molar-refractivity contribution in [3.8, 4) is 11.5 Å². The second-order valence-electron chi connectivity index (χ2n) is 5.94. The maximum Gasteiger partial charge on any atom is 0.161 e. The van der Waals surface area contributed by atoms with Crippen LogP contribution >= 0.6 is 0 Å². The third-order valence-electron chi connectivity index (χ3n) is 4.44. The molecule has 1 N–H and O–H groups in total. The van der Waals surface area contributed by atoms with E-state index in [4.69, 9.17) is 9.47 Å². The van der Waals surface area contributed by atoms with Crippen LogP contribution in [0.25, 0.3) is 0 Å². The van der Waals surface area contributed by atoms with Crippen molar-refractivity contribution in [2.45, 2.75) is 13.0 Å². The molecule has 1 aliphatic rings. The highest BCUT2D eigenvalue weighted by atomic mass is 16.5. The molecule has 4 nitrogen and oxygen atoms in total. The zero-order valence-corrected chi connectivity index (χ0v) is 14.5. The fourth-order valence-corrected chi connectivity index (χ4v) is 3.32. The lowest BCUT2D eigenvalue weighted by Gasteiger charge is -2.35. The van der Waals surface area contributed by atoms with Crippen molar-refractivity contribution in [1.82, 2.24) is 10.2 Å². The highest BCUT2D eigenvalue weighted by molar-refractivity contribution is 5.46. The Labute approximate surface area is 144 Å². The van der Waals surface area contributed by atoms with Crippen LogP contribution in [0.15, 0.2) is 48.5 Å². The minimum Gasteiger partial charge on any atom is -0.493 e. The number of rotatable bonds is 6. The van der Waals surface area contributed by atoms with Crippen molar-refractivity contribution in [3.63, 3.8) is 0 Å². The van der Waals surface area contributed by atoms with Crippen molar-refractivity contribution in [2.75, 3.05) is 39.9 Å². The molecule has 1 atom stereocenters. The number of nitrogens with zero attached hydrogens (tertiary/aromatic N) is 1. The first-order valence-corrected chi connectivity index (χ1v) is 8.64. The standard InChI is InChI=1S/C20H26N2O2/c1-3-24-18-10-9-17(15-19(18)23-2)20(16-7-5-4-6-8-16)22-13-11-21-12-14-22/h4-10,15,20-21H,3,11-14H2,1-2H3. The van der Waals surface area contributed by atoms with Gasteiger partial charge in [-0.05, 0) is 30.2 Å². The van der Waals surface area contributed by atoms with E-state index in [9.17, 15) is 0 Å². The topological polar surface area (TPSA) is 33.7 Å². The van der Waals surface area contributed by atoms with Crippen LogP contribution < -0.4 is 14.8 Å². The second kappa shape index (κ2) is 8.18. The van der Waals surface area contributed by atoms with Gasteiger partial charge in [-0.3, -0.25) is 4.90 Å². The van der Waals surface area contributed by atoms with Gasteiger partial charge in [-0.15, -0.1) is 0 Å². The molecular weight excluding hydrogens is 300 g/mol. The summed E-state index contributed by atoms with van der Waals surface area (Å²) in [5.41, 5.74) is 2.55. The summed E-state index contributed by atoms with van der Waals surface area (Å²) < 4.78 is 11.2. The fourth-order valence-electron chi connectivity index (χ4n) is 3.32. The molecular formula is C20H26N2O2. The molecule has 1 aliphatic heterocycles. The molecule has 24 heavy (non-hydrogen) atoms. The summed E-state index contributed by atoms with van der Waals surface area (Å²) in [6, 6.07) is 17.2. The van der Waals surface area contributed by atoms with Crippen LogP contribution in [0.3, 0.4) is 0 Å². The summed E-state index contributed by atoms with van der Waals surface area (Å²) in [4.78, 5) is 2.53. The second-order valence-corrected chi connectivity index (χ2v) is 5.94. The number of hydrogen-bond acceptors (Lipinski definition) is 4. The molecule has 0 aliphatic carbocycles. The Bertz CT molecular complexity index is 639. The number of methoxy groups -OCH3 is 1. The van der Waals surface area contributed by atoms with Crippen molar-refractivity contribution in [3.05, 3.63) is 59.7 Å². The van der Waals surface area contributed by atoms with Crippen molar-refractivity contribution >= 4 is 0 Å². The van der Waals surface area contributed by atoms with Crippen molar-refractivity contribution in [1.29, 1.82) is 0 Å². The Hall–Kier alpha value is -2.04. The summed E-state index contributed by atoms with van der Waals surface area (Å²) in [7, 11) is 1.70. The number of ether oxygens (including phenoxy) is 2. The summed E-state index contributed by atoms with van der Waals surface area (Å²) in [5.74, 6) is 1.60. The maximum atomic E-state index is 5.67. The monoisotopic (exact) mass is 326 g/mol. The largest absolute Gasteiger partial charge is 0.493 e. The molecule has 1 fully saturated rings. The average molecular weight is 326 g/mol. The van der Waals surface area contributed by atoms with Crippen LogP contribution in [-0.2, 0) is 0 Å². The summed E-state index contributed by atoms with van der Waals surface area (Å²) in [5, 5.41) is 3.43. The summed E-state index contributed by atoms with van der Waals surface area (Å²) in [6.07, 6.45) is 0. The SMILES string of the molecule is CCOc1ccc(C(c2ccccc2)N2CCNCC2)cc1OC. The molecule has 1 unspecified atom stereocenters. The van der Waals surface area contributed by atoms with E-state index in [1.54, 1.807) is 7.11 Å². The molecule has 0 amide bonds. The lowest BCUT2D eigenvalue weighted by Crippen LogP contribution is -2.45. The van der Waals surface area contributed by atoms with Gasteiger partial charge in [0.2, 0.25) is 0 Å². The van der Waals surface area contributed by atoms with Gasteiger partial charge in [-0.25, -0.2) is 0 Å². The Morgan fingerprint density at radius 3 is 2.42 bits per heavy atom. The van der Waals surface area contributed by atoms with E-state index in [0.29, 0.717) is 6.61 Å². The molecule has 2 aromatic rings. The van der Waals surface area contributed by atoms with E-state index in [-0.39, 0.29) is 6.04 Å². The Morgan fingerprint density at radius 2 is 1.75 bits per heavy atom. The van der Waals surface area contributed by atoms with E-state index < -0.39 is 0 Å². The van der Waals surface area contributed by atoms with Gasteiger partial charge in [0.15, 0.2) is 11.5 Å². The van der Waals surface area contributed by atoms with Crippen molar-refractivity contribution < 1.29 is 9.47 Å². The third-order valence-corrected chi connectivity index (χ3v) is 4.44. The van der Waals surface area contributed by atoms with Gasteiger partial charge in [-0.1, -0.05) is 36.4 Å². The zero-order valence-electron chi connectivity index (χ0n) is 14.5. The van der Waals surface area contributed by atoms with E-state index in [1.807, 2.05) is 13.0 Å². The first kappa shape index (κ1) is 16.8.